The maximum absolute atomic E-state index is 13.0. The number of ether oxygens (including phenoxy) is 1. The average molecular weight is 459 g/mol. The minimum atomic E-state index is -0.0638. The van der Waals surface area contributed by atoms with Crippen LogP contribution in [0.3, 0.4) is 0 Å². The van der Waals surface area contributed by atoms with Crippen molar-refractivity contribution in [3.8, 4) is 5.75 Å². The summed E-state index contributed by atoms with van der Waals surface area (Å²) in [6.45, 7) is 9.20. The third-order valence-corrected chi connectivity index (χ3v) is 6.42. The number of hydrogen-bond donors (Lipinski definition) is 0. The van der Waals surface area contributed by atoms with Crippen LogP contribution in [-0.2, 0) is 19.7 Å². The first-order valence-corrected chi connectivity index (χ1v) is 11.8. The molecule has 2 aromatic carbocycles. The van der Waals surface area contributed by atoms with Crippen molar-refractivity contribution in [1.82, 2.24) is 19.6 Å². The first kappa shape index (κ1) is 22.2. The molecule has 1 aliphatic heterocycles. The Morgan fingerprint density at radius 2 is 1.82 bits per heavy atom. The number of nitrogens with zero attached hydrogens (tertiary/aromatic N) is 4. The number of benzene rings is 2. The van der Waals surface area contributed by atoms with E-state index in [0.29, 0.717) is 24.6 Å². The normalized spacial score (nSPS) is 14.6. The van der Waals surface area contributed by atoms with Gasteiger partial charge in [0, 0.05) is 56.4 Å². The van der Waals surface area contributed by atoms with E-state index in [1.54, 1.807) is 6.07 Å². The molecule has 0 aliphatic carbocycles. The third-order valence-electron chi connectivity index (χ3n) is 6.42. The molecule has 0 radical (unpaired) electrons. The molecule has 0 bridgehead atoms. The number of amides is 1. The zero-order chi connectivity index (χ0) is 23.5. The van der Waals surface area contributed by atoms with E-state index >= 15 is 0 Å². The minimum absolute atomic E-state index is 0.0638. The van der Waals surface area contributed by atoms with Gasteiger partial charge in [0.05, 0.1) is 5.69 Å². The summed E-state index contributed by atoms with van der Waals surface area (Å²) in [5, 5.41) is 6.72. The molecule has 0 spiro atoms. The van der Waals surface area contributed by atoms with E-state index in [2.05, 4.69) is 42.2 Å². The van der Waals surface area contributed by atoms with Crippen LogP contribution in [0.5, 0.6) is 5.75 Å². The van der Waals surface area contributed by atoms with Crippen molar-refractivity contribution < 1.29 is 13.9 Å². The topological polar surface area (TPSA) is 63.7 Å². The highest BCUT2D eigenvalue weighted by Gasteiger charge is 2.25. The van der Waals surface area contributed by atoms with Crippen LogP contribution in [-0.4, -0.2) is 51.7 Å². The van der Waals surface area contributed by atoms with Crippen molar-refractivity contribution in [3.63, 3.8) is 0 Å². The number of hydrogen-bond acceptors (Lipinski definition) is 5. The first-order chi connectivity index (χ1) is 16.6. The highest BCUT2D eigenvalue weighted by atomic mass is 16.5. The number of carbonyl (C=O) groups is 1. The lowest BCUT2D eigenvalue weighted by Gasteiger charge is -2.34. The fourth-order valence-electron chi connectivity index (χ4n) is 4.42. The Morgan fingerprint density at radius 3 is 2.62 bits per heavy atom. The molecule has 176 valence electrons. The third kappa shape index (κ3) is 4.70. The van der Waals surface area contributed by atoms with Gasteiger partial charge >= 0.3 is 0 Å². The lowest BCUT2D eigenvalue weighted by molar-refractivity contribution is 0.0594. The van der Waals surface area contributed by atoms with E-state index < -0.39 is 0 Å². The Hall–Kier alpha value is -3.58. The Kier molecular flexibility index (Phi) is 6.36. The Morgan fingerprint density at radius 1 is 1.03 bits per heavy atom. The maximum Gasteiger partial charge on any atom is 0.289 e. The number of carbonyl (C=O) groups excluding carboxylic acids is 1. The second-order valence-corrected chi connectivity index (χ2v) is 8.70. The van der Waals surface area contributed by atoms with Crippen molar-refractivity contribution in [1.29, 1.82) is 0 Å². The quantitative estimate of drug-likeness (QED) is 0.408. The average Bonchev–Trinajstić information content (AvgIpc) is 3.49. The summed E-state index contributed by atoms with van der Waals surface area (Å²) < 4.78 is 13.8. The van der Waals surface area contributed by atoms with Gasteiger partial charge in [-0.25, -0.2) is 0 Å². The summed E-state index contributed by atoms with van der Waals surface area (Å²) in [5.74, 6) is 1.74. The van der Waals surface area contributed by atoms with Gasteiger partial charge in [0.25, 0.3) is 5.91 Å². The number of furan rings is 1. The second kappa shape index (κ2) is 9.73. The van der Waals surface area contributed by atoms with E-state index in [-0.39, 0.29) is 12.5 Å². The highest BCUT2D eigenvalue weighted by molar-refractivity contribution is 5.91. The van der Waals surface area contributed by atoms with E-state index in [1.165, 1.54) is 5.56 Å². The molecular weight excluding hydrogens is 428 g/mol. The van der Waals surface area contributed by atoms with Gasteiger partial charge in [-0.15, -0.1) is 0 Å². The smallest absolute Gasteiger partial charge is 0.289 e. The predicted octanol–water partition coefficient (Wildman–Crippen LogP) is 4.49. The number of aryl methyl sites for hydroxylation is 2. The summed E-state index contributed by atoms with van der Waals surface area (Å²) >= 11 is 0. The first-order valence-electron chi connectivity index (χ1n) is 11.8. The molecule has 7 heteroatoms. The Balaban J connectivity index is 1.15. The van der Waals surface area contributed by atoms with Crippen LogP contribution in [0.4, 0.5) is 0 Å². The Labute approximate surface area is 199 Å². The maximum atomic E-state index is 13.0. The van der Waals surface area contributed by atoms with Crippen LogP contribution >= 0.6 is 0 Å². The molecular formula is C27H30N4O3. The monoisotopic (exact) mass is 458 g/mol. The van der Waals surface area contributed by atoms with Gasteiger partial charge in [-0.2, -0.15) is 5.10 Å². The van der Waals surface area contributed by atoms with Crippen LogP contribution < -0.4 is 4.74 Å². The molecule has 1 amide bonds. The lowest BCUT2D eigenvalue weighted by Crippen LogP contribution is -2.48. The van der Waals surface area contributed by atoms with Gasteiger partial charge in [0.2, 0.25) is 0 Å². The van der Waals surface area contributed by atoms with Crippen LogP contribution in [0, 0.1) is 6.92 Å². The predicted molar refractivity (Wildman–Crippen MR) is 131 cm³/mol. The fraction of sp³-hybridized carbons (Fsp3) is 0.333. The molecule has 1 fully saturated rings. The van der Waals surface area contributed by atoms with Crippen molar-refractivity contribution in [3.05, 3.63) is 83.6 Å². The standard InChI is InChI=1S/C27H30N4O3/c1-3-31-18-22(20(2)28-31)17-29-13-15-30(16-14-29)27(32)26-12-11-23(34-26)19-33-25-10-6-8-21-7-4-5-9-24(21)25/h4-12,18H,3,13-17,19H2,1-2H3. The molecule has 4 aromatic rings. The van der Waals surface area contributed by atoms with Gasteiger partial charge in [-0.3, -0.25) is 14.4 Å². The van der Waals surface area contributed by atoms with Gasteiger partial charge in [-0.1, -0.05) is 36.4 Å². The highest BCUT2D eigenvalue weighted by Crippen LogP contribution is 2.26. The molecule has 0 unspecified atom stereocenters. The molecule has 1 saturated heterocycles. The summed E-state index contributed by atoms with van der Waals surface area (Å²) in [4.78, 5) is 17.2. The largest absolute Gasteiger partial charge is 0.485 e. The summed E-state index contributed by atoms with van der Waals surface area (Å²) in [7, 11) is 0. The number of piperazine rings is 1. The molecule has 7 nitrogen and oxygen atoms in total. The number of aromatic nitrogens is 2. The van der Waals surface area contributed by atoms with Crippen molar-refractivity contribution in [2.24, 2.45) is 0 Å². The fourth-order valence-corrected chi connectivity index (χ4v) is 4.42. The minimum Gasteiger partial charge on any atom is -0.485 e. The van der Waals surface area contributed by atoms with Crippen LogP contribution in [0.1, 0.15) is 34.5 Å². The van der Waals surface area contributed by atoms with E-state index in [9.17, 15) is 4.79 Å². The van der Waals surface area contributed by atoms with E-state index in [1.807, 2.05) is 46.0 Å². The summed E-state index contributed by atoms with van der Waals surface area (Å²) in [6.07, 6.45) is 2.12. The Bertz CT molecular complexity index is 1280. The van der Waals surface area contributed by atoms with Crippen LogP contribution in [0.15, 0.2) is 65.2 Å². The van der Waals surface area contributed by atoms with E-state index in [0.717, 1.165) is 48.4 Å². The molecule has 3 heterocycles. The van der Waals surface area contributed by atoms with Crippen molar-refractivity contribution in [2.45, 2.75) is 33.5 Å². The molecule has 1 aliphatic rings. The molecule has 34 heavy (non-hydrogen) atoms. The summed E-state index contributed by atoms with van der Waals surface area (Å²) in [5.41, 5.74) is 2.33. The van der Waals surface area contributed by atoms with Gasteiger partial charge in [0.15, 0.2) is 5.76 Å². The zero-order valence-electron chi connectivity index (χ0n) is 19.7. The van der Waals surface area contributed by atoms with Gasteiger partial charge in [-0.05, 0) is 37.4 Å². The van der Waals surface area contributed by atoms with E-state index in [4.69, 9.17) is 9.15 Å². The zero-order valence-corrected chi connectivity index (χ0v) is 19.7. The van der Waals surface area contributed by atoms with Gasteiger partial charge in [0.1, 0.15) is 18.1 Å². The molecule has 2 aromatic heterocycles. The molecule has 0 saturated carbocycles. The van der Waals surface area contributed by atoms with Crippen molar-refractivity contribution >= 4 is 16.7 Å². The molecule has 5 rings (SSSR count). The lowest BCUT2D eigenvalue weighted by atomic mass is 10.1. The molecule has 0 atom stereocenters. The van der Waals surface area contributed by atoms with Crippen LogP contribution in [0.2, 0.25) is 0 Å². The number of rotatable bonds is 7. The SMILES string of the molecule is CCn1cc(CN2CCN(C(=O)c3ccc(COc4cccc5ccccc45)o3)CC2)c(C)n1. The summed E-state index contributed by atoms with van der Waals surface area (Å²) in [6, 6.07) is 17.7. The molecule has 0 N–H and O–H groups in total. The van der Waals surface area contributed by atoms with Crippen molar-refractivity contribution in [2.75, 3.05) is 26.2 Å². The number of fused-ring (bicyclic) bond motifs is 1. The van der Waals surface area contributed by atoms with Gasteiger partial charge < -0.3 is 14.1 Å². The van der Waals surface area contributed by atoms with Crippen LogP contribution in [0.25, 0.3) is 10.8 Å². The second-order valence-electron chi connectivity index (χ2n) is 8.70.